The van der Waals surface area contributed by atoms with Crippen LogP contribution >= 0.6 is 0 Å². The highest BCUT2D eigenvalue weighted by atomic mass is 16.3. The molecule has 0 heterocycles. The maximum Gasteiger partial charge on any atom is 0.102 e. The van der Waals surface area contributed by atoms with Crippen LogP contribution in [0.5, 0.6) is 0 Å². The molecule has 0 aromatic heterocycles. The summed E-state index contributed by atoms with van der Waals surface area (Å²) >= 11 is 0. The van der Waals surface area contributed by atoms with Gasteiger partial charge in [-0.25, -0.2) is 0 Å². The average molecular weight is 202 g/mol. The predicted octanol–water partition coefficient (Wildman–Crippen LogP) is 1.03. The number of hydrogen-bond donors (Lipinski definition) is 2. The summed E-state index contributed by atoms with van der Waals surface area (Å²) in [5, 5.41) is 18.3. The zero-order chi connectivity index (χ0) is 11.5. The Morgan fingerprint density at radius 2 is 1.67 bits per heavy atom. The molecule has 2 atom stereocenters. The highest BCUT2D eigenvalue weighted by molar-refractivity contribution is 5.34. The lowest BCUT2D eigenvalue weighted by Crippen LogP contribution is -2.20. The molecule has 0 saturated heterocycles. The van der Waals surface area contributed by atoms with Crippen LogP contribution in [0.3, 0.4) is 0 Å². The Balaban J connectivity index is 4.10. The minimum atomic E-state index is -0.972. The van der Waals surface area contributed by atoms with Gasteiger partial charge in [0, 0.05) is 0 Å². The van der Waals surface area contributed by atoms with Crippen LogP contribution in [-0.4, -0.2) is 22.4 Å². The Bertz CT molecular complexity index is 355. The van der Waals surface area contributed by atoms with Crippen LogP contribution < -0.4 is 0 Å². The molecule has 0 radical (unpaired) electrons. The van der Waals surface area contributed by atoms with Gasteiger partial charge in [0.25, 0.3) is 0 Å². The summed E-state index contributed by atoms with van der Waals surface area (Å²) in [6.45, 7) is 5.22. The molecular weight excluding hydrogens is 188 g/mol. The van der Waals surface area contributed by atoms with Crippen LogP contribution in [0.1, 0.15) is 6.92 Å². The van der Waals surface area contributed by atoms with Gasteiger partial charge in [0.1, 0.15) is 12.2 Å². The summed E-state index contributed by atoms with van der Waals surface area (Å²) in [7, 11) is 0. The van der Waals surface area contributed by atoms with Crippen molar-refractivity contribution in [1.82, 2.24) is 0 Å². The van der Waals surface area contributed by atoms with E-state index in [4.69, 9.17) is 5.11 Å². The first-order chi connectivity index (χ1) is 7.22. The zero-order valence-electron chi connectivity index (χ0n) is 8.64. The molecule has 2 nitrogen and oxygen atoms in total. The maximum atomic E-state index is 9.24. The second-order valence-electron chi connectivity index (χ2n) is 2.61. The summed E-state index contributed by atoms with van der Waals surface area (Å²) in [4.78, 5) is 0. The van der Waals surface area contributed by atoms with Gasteiger partial charge < -0.3 is 10.2 Å². The molecule has 0 aliphatic rings. The molecule has 2 heteroatoms. The first kappa shape index (κ1) is 13.3. The Kier molecular flexibility index (Phi) is 7.82. The number of aliphatic hydroxyl groups excluding tert-OH is 2. The van der Waals surface area contributed by atoms with E-state index in [2.05, 4.69) is 30.3 Å². The molecule has 78 valence electrons. The molecule has 15 heavy (non-hydrogen) atoms. The number of rotatable bonds is 3. The standard InChI is InChI=1S/C13H14O2/c1-3-5-6-7-8-9-10-11-13(15)12(14)4-2/h3-5,10-15H,2H2,1H3/b5-3+,11-10+/t12-,13-/m0/s1. The minimum absolute atomic E-state index is 0.961. The second kappa shape index (κ2) is 8.84. The third-order valence-electron chi connectivity index (χ3n) is 1.42. The van der Waals surface area contributed by atoms with E-state index in [1.165, 1.54) is 18.2 Å². The second-order valence-corrected chi connectivity index (χ2v) is 2.61. The van der Waals surface area contributed by atoms with E-state index >= 15 is 0 Å². The van der Waals surface area contributed by atoms with E-state index in [1.807, 2.05) is 13.0 Å². The molecule has 0 bridgehead atoms. The van der Waals surface area contributed by atoms with Crippen molar-refractivity contribution in [3.05, 3.63) is 37.0 Å². The fourth-order valence-electron chi connectivity index (χ4n) is 0.639. The molecule has 0 aliphatic heterocycles. The van der Waals surface area contributed by atoms with Crippen LogP contribution in [0.4, 0.5) is 0 Å². The molecule has 0 rings (SSSR count). The minimum Gasteiger partial charge on any atom is -0.386 e. The summed E-state index contributed by atoms with van der Waals surface area (Å²) in [6.07, 6.45) is 5.66. The molecule has 0 unspecified atom stereocenters. The lowest BCUT2D eigenvalue weighted by Gasteiger charge is -2.07. The average Bonchev–Trinajstić information content (AvgIpc) is 2.26. The largest absolute Gasteiger partial charge is 0.386 e. The molecule has 0 aromatic carbocycles. The zero-order valence-corrected chi connectivity index (χ0v) is 8.64. The fourth-order valence-corrected chi connectivity index (χ4v) is 0.639. The van der Waals surface area contributed by atoms with Gasteiger partial charge in [-0.05, 0) is 37.0 Å². The Morgan fingerprint density at radius 3 is 2.20 bits per heavy atom. The number of aliphatic hydroxyl groups is 2. The van der Waals surface area contributed by atoms with Crippen LogP contribution in [0.15, 0.2) is 37.0 Å². The summed E-state index contributed by atoms with van der Waals surface area (Å²) in [6, 6.07) is 0. The van der Waals surface area contributed by atoms with Crippen molar-refractivity contribution in [2.45, 2.75) is 19.1 Å². The van der Waals surface area contributed by atoms with E-state index in [0.29, 0.717) is 0 Å². The van der Waals surface area contributed by atoms with Crippen molar-refractivity contribution < 1.29 is 10.2 Å². The molecule has 0 saturated carbocycles. The van der Waals surface area contributed by atoms with Gasteiger partial charge in [0.15, 0.2) is 0 Å². The Labute approximate surface area is 90.6 Å². The van der Waals surface area contributed by atoms with Crippen molar-refractivity contribution in [3.8, 4) is 23.7 Å². The molecule has 0 aliphatic carbocycles. The number of allylic oxidation sites excluding steroid dienone is 3. The topological polar surface area (TPSA) is 40.5 Å². The van der Waals surface area contributed by atoms with E-state index in [9.17, 15) is 5.11 Å². The summed E-state index contributed by atoms with van der Waals surface area (Å²) in [5.74, 6) is 10.5. The van der Waals surface area contributed by atoms with Crippen LogP contribution in [0.2, 0.25) is 0 Å². The van der Waals surface area contributed by atoms with Gasteiger partial charge >= 0.3 is 0 Å². The third kappa shape index (κ3) is 7.34. The van der Waals surface area contributed by atoms with Crippen molar-refractivity contribution in [3.63, 3.8) is 0 Å². The Morgan fingerprint density at radius 1 is 1.07 bits per heavy atom. The van der Waals surface area contributed by atoms with Gasteiger partial charge in [-0.2, -0.15) is 0 Å². The highest BCUT2D eigenvalue weighted by Gasteiger charge is 2.06. The quantitative estimate of drug-likeness (QED) is 0.530. The van der Waals surface area contributed by atoms with Gasteiger partial charge in [-0.1, -0.05) is 24.0 Å². The van der Waals surface area contributed by atoms with E-state index in [0.717, 1.165) is 0 Å². The third-order valence-corrected chi connectivity index (χ3v) is 1.42. The molecule has 0 amide bonds. The lowest BCUT2D eigenvalue weighted by atomic mass is 10.2. The Hall–Kier alpha value is -1.74. The summed E-state index contributed by atoms with van der Waals surface area (Å²) < 4.78 is 0. The van der Waals surface area contributed by atoms with E-state index in [1.54, 1.807) is 6.08 Å². The van der Waals surface area contributed by atoms with Gasteiger partial charge in [-0.3, -0.25) is 0 Å². The maximum absolute atomic E-state index is 9.24. The molecule has 0 spiro atoms. The van der Waals surface area contributed by atoms with Crippen LogP contribution in [-0.2, 0) is 0 Å². The smallest absolute Gasteiger partial charge is 0.102 e. The van der Waals surface area contributed by atoms with Gasteiger partial charge in [0.05, 0.1) is 0 Å². The lowest BCUT2D eigenvalue weighted by molar-refractivity contribution is 0.0811. The fraction of sp³-hybridized carbons (Fsp3) is 0.231. The highest BCUT2D eigenvalue weighted by Crippen LogP contribution is 1.95. The van der Waals surface area contributed by atoms with Crippen molar-refractivity contribution in [2.24, 2.45) is 0 Å². The van der Waals surface area contributed by atoms with E-state index < -0.39 is 12.2 Å². The monoisotopic (exact) mass is 202 g/mol. The normalized spacial score (nSPS) is 13.8. The molecule has 0 aromatic rings. The first-order valence-electron chi connectivity index (χ1n) is 4.50. The molecule has 2 N–H and O–H groups in total. The van der Waals surface area contributed by atoms with E-state index in [-0.39, 0.29) is 0 Å². The predicted molar refractivity (Wildman–Crippen MR) is 61.7 cm³/mol. The van der Waals surface area contributed by atoms with Crippen LogP contribution in [0, 0.1) is 23.7 Å². The first-order valence-corrected chi connectivity index (χ1v) is 4.50. The summed E-state index contributed by atoms with van der Waals surface area (Å²) in [5.41, 5.74) is 0. The van der Waals surface area contributed by atoms with Crippen molar-refractivity contribution in [2.75, 3.05) is 0 Å². The van der Waals surface area contributed by atoms with Gasteiger partial charge in [-0.15, -0.1) is 6.58 Å². The van der Waals surface area contributed by atoms with Crippen molar-refractivity contribution in [1.29, 1.82) is 0 Å². The van der Waals surface area contributed by atoms with Gasteiger partial charge in [0.2, 0.25) is 0 Å². The molecule has 0 fully saturated rings. The van der Waals surface area contributed by atoms with Crippen molar-refractivity contribution >= 4 is 0 Å². The molecular formula is C13H14O2. The number of hydrogen-bond acceptors (Lipinski definition) is 2. The van der Waals surface area contributed by atoms with Crippen LogP contribution in [0.25, 0.3) is 0 Å². The SMILES string of the molecule is C=C[C@H](O)[C@@H](O)/C=C/C#CC#C/C=C/C.